The van der Waals surface area contributed by atoms with Gasteiger partial charge in [-0.25, -0.2) is 0 Å². The van der Waals surface area contributed by atoms with E-state index in [0.29, 0.717) is 35.0 Å². The van der Waals surface area contributed by atoms with Crippen LogP contribution in [-0.4, -0.2) is 19.5 Å². The molecule has 0 amide bonds. The van der Waals surface area contributed by atoms with Crippen LogP contribution in [0.3, 0.4) is 0 Å². The number of Topliss-reactive ketones (excluding diaryl/α,β-unsaturated/α-hetero) is 1. The molecule has 0 bridgehead atoms. The average Bonchev–Trinajstić information content (AvgIpc) is 2.75. The predicted octanol–water partition coefficient (Wildman–Crippen LogP) is 4.93. The van der Waals surface area contributed by atoms with Crippen LogP contribution in [0.1, 0.15) is 21.5 Å². The topological polar surface area (TPSA) is 44.8 Å². The summed E-state index contributed by atoms with van der Waals surface area (Å²) in [6, 6.07) is 22.9. The van der Waals surface area contributed by atoms with E-state index < -0.39 is 0 Å². The number of hydrogen-bond acceptors (Lipinski definition) is 4. The highest BCUT2D eigenvalue weighted by molar-refractivity contribution is 6.14. The molecular formula is C24H20O4. The summed E-state index contributed by atoms with van der Waals surface area (Å²) in [5.74, 6) is 1.90. The SMILES string of the molecule is COc1ccc(C=C2COc3ccccc3C2=O)cc1OCc1ccccc1. The molecule has 3 aromatic rings. The zero-order valence-corrected chi connectivity index (χ0v) is 15.6. The fourth-order valence-corrected chi connectivity index (χ4v) is 3.11. The number of methoxy groups -OCH3 is 1. The predicted molar refractivity (Wildman–Crippen MR) is 108 cm³/mol. The van der Waals surface area contributed by atoms with Crippen molar-refractivity contribution in [3.05, 3.63) is 95.1 Å². The van der Waals surface area contributed by atoms with Crippen LogP contribution in [0.4, 0.5) is 0 Å². The summed E-state index contributed by atoms with van der Waals surface area (Å²) in [6.07, 6.45) is 1.84. The summed E-state index contributed by atoms with van der Waals surface area (Å²) in [7, 11) is 1.61. The van der Waals surface area contributed by atoms with Gasteiger partial charge in [-0.1, -0.05) is 48.5 Å². The highest BCUT2D eigenvalue weighted by Gasteiger charge is 2.22. The Balaban J connectivity index is 1.58. The van der Waals surface area contributed by atoms with Crippen LogP contribution in [0.2, 0.25) is 0 Å². The Morgan fingerprint density at radius 3 is 2.57 bits per heavy atom. The maximum atomic E-state index is 12.7. The Morgan fingerprint density at radius 1 is 0.964 bits per heavy atom. The van der Waals surface area contributed by atoms with Gasteiger partial charge in [0.15, 0.2) is 17.3 Å². The van der Waals surface area contributed by atoms with E-state index in [0.717, 1.165) is 11.1 Å². The van der Waals surface area contributed by atoms with Gasteiger partial charge in [-0.3, -0.25) is 4.79 Å². The first kappa shape index (κ1) is 17.9. The number of ether oxygens (including phenoxy) is 3. The van der Waals surface area contributed by atoms with Gasteiger partial charge < -0.3 is 14.2 Å². The largest absolute Gasteiger partial charge is 0.493 e. The van der Waals surface area contributed by atoms with Gasteiger partial charge in [-0.05, 0) is 41.5 Å². The fourth-order valence-electron chi connectivity index (χ4n) is 3.11. The summed E-state index contributed by atoms with van der Waals surface area (Å²) in [5, 5.41) is 0. The quantitative estimate of drug-likeness (QED) is 0.596. The number of carbonyl (C=O) groups is 1. The van der Waals surface area contributed by atoms with E-state index in [1.165, 1.54) is 0 Å². The van der Waals surface area contributed by atoms with Gasteiger partial charge in [0.25, 0.3) is 0 Å². The Kier molecular flexibility index (Phi) is 5.11. The second-order valence-corrected chi connectivity index (χ2v) is 6.47. The molecule has 1 heterocycles. The number of para-hydroxylation sites is 1. The van der Waals surface area contributed by atoms with Gasteiger partial charge in [-0.15, -0.1) is 0 Å². The van der Waals surface area contributed by atoms with E-state index in [4.69, 9.17) is 14.2 Å². The summed E-state index contributed by atoms with van der Waals surface area (Å²) < 4.78 is 17.1. The minimum Gasteiger partial charge on any atom is -0.493 e. The van der Waals surface area contributed by atoms with Crippen molar-refractivity contribution in [1.82, 2.24) is 0 Å². The van der Waals surface area contributed by atoms with Crippen LogP contribution >= 0.6 is 0 Å². The van der Waals surface area contributed by atoms with Crippen molar-refractivity contribution in [3.8, 4) is 17.2 Å². The minimum absolute atomic E-state index is 0.00979. The number of rotatable bonds is 5. The summed E-state index contributed by atoms with van der Waals surface area (Å²) in [6.45, 7) is 0.689. The van der Waals surface area contributed by atoms with Crippen molar-refractivity contribution in [3.63, 3.8) is 0 Å². The first-order valence-electron chi connectivity index (χ1n) is 9.06. The molecule has 0 atom stereocenters. The zero-order chi connectivity index (χ0) is 19.3. The van der Waals surface area contributed by atoms with Crippen molar-refractivity contribution in [2.45, 2.75) is 6.61 Å². The molecule has 3 aromatic carbocycles. The molecule has 4 nitrogen and oxygen atoms in total. The van der Waals surface area contributed by atoms with Crippen LogP contribution in [-0.2, 0) is 6.61 Å². The van der Waals surface area contributed by atoms with Crippen molar-refractivity contribution >= 4 is 11.9 Å². The second-order valence-electron chi connectivity index (χ2n) is 6.47. The van der Waals surface area contributed by atoms with Gasteiger partial charge >= 0.3 is 0 Å². The molecule has 28 heavy (non-hydrogen) atoms. The number of carbonyl (C=O) groups excluding carboxylic acids is 1. The Hall–Kier alpha value is -3.53. The Morgan fingerprint density at radius 2 is 1.75 bits per heavy atom. The van der Waals surface area contributed by atoms with Gasteiger partial charge in [0.05, 0.1) is 12.7 Å². The van der Waals surface area contributed by atoms with Crippen molar-refractivity contribution in [2.75, 3.05) is 13.7 Å². The zero-order valence-electron chi connectivity index (χ0n) is 15.6. The van der Waals surface area contributed by atoms with Crippen LogP contribution < -0.4 is 14.2 Å². The molecule has 0 saturated heterocycles. The number of hydrogen-bond donors (Lipinski definition) is 0. The third-order valence-corrected chi connectivity index (χ3v) is 4.57. The summed E-state index contributed by atoms with van der Waals surface area (Å²) in [4.78, 5) is 12.7. The van der Waals surface area contributed by atoms with E-state index in [1.54, 1.807) is 13.2 Å². The fraction of sp³-hybridized carbons (Fsp3) is 0.125. The molecule has 0 aromatic heterocycles. The summed E-state index contributed by atoms with van der Waals surface area (Å²) in [5.41, 5.74) is 3.13. The van der Waals surface area contributed by atoms with Crippen LogP contribution in [0.15, 0.2) is 78.4 Å². The summed E-state index contributed by atoms with van der Waals surface area (Å²) >= 11 is 0. The van der Waals surface area contributed by atoms with Gasteiger partial charge in [0.2, 0.25) is 0 Å². The maximum absolute atomic E-state index is 12.7. The number of fused-ring (bicyclic) bond motifs is 1. The van der Waals surface area contributed by atoms with Gasteiger partial charge in [0.1, 0.15) is 19.0 Å². The van der Waals surface area contributed by atoms with Crippen LogP contribution in [0.25, 0.3) is 6.08 Å². The number of benzene rings is 3. The van der Waals surface area contributed by atoms with Crippen LogP contribution in [0, 0.1) is 0 Å². The standard InChI is InChI=1S/C24H20O4/c1-26-22-12-11-18(14-23(22)27-15-17-7-3-2-4-8-17)13-19-16-28-21-10-6-5-9-20(21)24(19)25/h2-14H,15-16H2,1H3. The first-order valence-corrected chi connectivity index (χ1v) is 9.06. The smallest absolute Gasteiger partial charge is 0.196 e. The molecule has 0 aliphatic carbocycles. The molecule has 0 N–H and O–H groups in total. The lowest BCUT2D eigenvalue weighted by Crippen LogP contribution is -2.18. The molecule has 0 saturated carbocycles. The molecule has 1 aliphatic rings. The highest BCUT2D eigenvalue weighted by Crippen LogP contribution is 2.31. The molecule has 140 valence electrons. The lowest BCUT2D eigenvalue weighted by atomic mass is 9.98. The maximum Gasteiger partial charge on any atom is 0.196 e. The van der Waals surface area contributed by atoms with Crippen LogP contribution in [0.5, 0.6) is 17.2 Å². The first-order chi connectivity index (χ1) is 13.7. The molecule has 1 aliphatic heterocycles. The second kappa shape index (κ2) is 8.01. The molecule has 0 radical (unpaired) electrons. The molecule has 0 spiro atoms. The molecule has 4 heteroatoms. The van der Waals surface area contributed by atoms with Crippen molar-refractivity contribution < 1.29 is 19.0 Å². The van der Waals surface area contributed by atoms with E-state index >= 15 is 0 Å². The van der Waals surface area contributed by atoms with E-state index in [9.17, 15) is 4.79 Å². The molecule has 4 rings (SSSR count). The average molecular weight is 372 g/mol. The molecule has 0 fully saturated rings. The highest BCUT2D eigenvalue weighted by atomic mass is 16.5. The monoisotopic (exact) mass is 372 g/mol. The van der Waals surface area contributed by atoms with Gasteiger partial charge in [-0.2, -0.15) is 0 Å². The Bertz CT molecular complexity index is 1020. The minimum atomic E-state index is -0.00979. The third kappa shape index (κ3) is 3.76. The molecular weight excluding hydrogens is 352 g/mol. The lowest BCUT2D eigenvalue weighted by Gasteiger charge is -2.18. The van der Waals surface area contributed by atoms with Crippen molar-refractivity contribution in [1.29, 1.82) is 0 Å². The van der Waals surface area contributed by atoms with E-state index in [2.05, 4.69) is 0 Å². The number of ketones is 1. The lowest BCUT2D eigenvalue weighted by molar-refractivity contribution is 0.100. The Labute approximate surface area is 164 Å². The van der Waals surface area contributed by atoms with E-state index in [1.807, 2.05) is 72.8 Å². The van der Waals surface area contributed by atoms with Crippen molar-refractivity contribution in [2.24, 2.45) is 0 Å². The van der Waals surface area contributed by atoms with E-state index in [-0.39, 0.29) is 12.4 Å². The third-order valence-electron chi connectivity index (χ3n) is 4.57. The molecule has 0 unspecified atom stereocenters. The normalized spacial score (nSPS) is 14.3. The van der Waals surface area contributed by atoms with Gasteiger partial charge in [0, 0.05) is 5.57 Å².